The second-order valence-corrected chi connectivity index (χ2v) is 29.6. The van der Waals surface area contributed by atoms with Crippen LogP contribution in [0.2, 0.25) is 0 Å². The van der Waals surface area contributed by atoms with Crippen LogP contribution >= 0.6 is 31.9 Å². The van der Waals surface area contributed by atoms with Gasteiger partial charge in [-0.05, 0) is 92.1 Å². The summed E-state index contributed by atoms with van der Waals surface area (Å²) < 4.78 is 76.6. The van der Waals surface area contributed by atoms with Crippen molar-refractivity contribution in [2.45, 2.75) is 50.1 Å². The number of aromatic nitrogens is 2. The van der Waals surface area contributed by atoms with Gasteiger partial charge in [-0.25, -0.2) is 38.7 Å². The summed E-state index contributed by atoms with van der Waals surface area (Å²) in [7, 11) is -9.26. The lowest BCUT2D eigenvalue weighted by Crippen LogP contribution is -2.52. The number of rotatable bonds is 5. The number of carbonyl (C=O) groups is 3. The number of hydrogen-bond donors (Lipinski definition) is 5. The summed E-state index contributed by atoms with van der Waals surface area (Å²) in [4.78, 5) is 49.3. The van der Waals surface area contributed by atoms with Crippen LogP contribution in [-0.2, 0) is 39.7 Å². The molecule has 81 heavy (non-hydrogen) atoms. The van der Waals surface area contributed by atoms with Crippen molar-refractivity contribution in [1.29, 1.82) is 0 Å². The number of piperidine rings is 2. The standard InChI is InChI=1S/C14H17BrN2O3S.C14H15BrN2O3S.C14H16N4O.C14H17N3O2S/c2*1-21(19,20)17-6-4-9(5-7-17)13-11-8-10(15)2-3-12(11)16-14(13)18;19-14-16-7-10-9-17(5-6-18(10)14)13-8-15-12-4-2-1-3-11(12)13;18-20(19)8-5-11-10-16(6-7-17(11)20)14-9-15-13-4-2-1-3-12(13)14/h2-3,8-9,13H,4-7H2,1H3,(H,16,18);2-3,8H,4-7H2,1H3,(H,16,18);1-4,8,10,15H,5-7,9H2,(H,16,19);1-4,9,11,15H,5-8,10H2. The Hall–Kier alpha value is -5.80. The minimum atomic E-state index is -3.15. The molecule has 430 valence electrons. The van der Waals surface area contributed by atoms with Gasteiger partial charge in [-0.1, -0.05) is 73.8 Å². The van der Waals surface area contributed by atoms with E-state index in [-0.39, 0.29) is 35.7 Å². The summed E-state index contributed by atoms with van der Waals surface area (Å²) in [6, 6.07) is 28.6. The zero-order valence-electron chi connectivity index (χ0n) is 44.9. The zero-order chi connectivity index (χ0) is 57.0. The maximum atomic E-state index is 12.3. The van der Waals surface area contributed by atoms with Gasteiger partial charge in [0.15, 0.2) is 0 Å². The van der Waals surface area contributed by atoms with Gasteiger partial charge in [0, 0.05) is 144 Å². The molecule has 6 saturated heterocycles. The molecule has 8 aliphatic rings. The lowest BCUT2D eigenvalue weighted by Gasteiger charge is -2.37. The maximum absolute atomic E-state index is 12.3. The molecule has 2 aromatic heterocycles. The Morgan fingerprint density at radius 3 is 1.81 bits per heavy atom. The SMILES string of the molecule is CS(=O)(=O)N1CCC(=C2C(=O)Nc3ccc(Br)cc32)CC1.CS(=O)(=O)N1CCC(C2C(=O)Nc3ccc(Br)cc32)CC1.O=C1NCC2CN(c3c[nH]c4ccccc34)CCN12.O=S1(=O)CCC2CN(c3c[nH]c4ccccc34)CCN21. The lowest BCUT2D eigenvalue weighted by atomic mass is 9.81. The van der Waals surface area contributed by atoms with Crippen LogP contribution in [0.15, 0.2) is 112 Å². The van der Waals surface area contributed by atoms with E-state index in [0.29, 0.717) is 62.9 Å². The average molecular weight is 1290 g/mol. The van der Waals surface area contributed by atoms with Gasteiger partial charge >= 0.3 is 6.03 Å². The number of H-pyrrole nitrogens is 2. The summed E-state index contributed by atoms with van der Waals surface area (Å²) in [5.41, 5.74) is 10.1. The molecule has 3 atom stereocenters. The van der Waals surface area contributed by atoms with Crippen LogP contribution in [0.3, 0.4) is 0 Å². The van der Waals surface area contributed by atoms with E-state index in [9.17, 15) is 39.6 Å². The van der Waals surface area contributed by atoms with Gasteiger partial charge in [-0.2, -0.15) is 4.31 Å². The number of para-hydroxylation sites is 2. The Kier molecular flexibility index (Phi) is 16.3. The Bertz CT molecular complexity index is 3800. The van der Waals surface area contributed by atoms with E-state index in [0.717, 1.165) is 101 Å². The highest BCUT2D eigenvalue weighted by Gasteiger charge is 2.42. The first-order valence-corrected chi connectivity index (χ1v) is 34.1. The molecule has 0 spiro atoms. The highest BCUT2D eigenvalue weighted by atomic mass is 79.9. The minimum absolute atomic E-state index is 0.0286. The largest absolute Gasteiger partial charge is 0.367 e. The Balaban J connectivity index is 0.000000114. The van der Waals surface area contributed by atoms with Crippen molar-refractivity contribution in [1.82, 2.24) is 33.1 Å². The molecule has 8 aliphatic heterocycles. The second kappa shape index (κ2) is 23.1. The molecule has 25 heteroatoms. The van der Waals surface area contributed by atoms with Crippen LogP contribution in [0.5, 0.6) is 0 Å². The predicted molar refractivity (Wildman–Crippen MR) is 324 cm³/mol. The highest BCUT2D eigenvalue weighted by Crippen LogP contribution is 2.43. The van der Waals surface area contributed by atoms with Crippen LogP contribution in [0.25, 0.3) is 27.4 Å². The molecule has 0 saturated carbocycles. The van der Waals surface area contributed by atoms with E-state index < -0.39 is 30.1 Å². The summed E-state index contributed by atoms with van der Waals surface area (Å²) in [6.45, 7) is 7.39. The van der Waals surface area contributed by atoms with Gasteiger partial charge in [0.05, 0.1) is 41.6 Å². The fourth-order valence-corrected chi connectivity index (χ4v) is 16.9. The molecule has 4 amide bonds. The first-order chi connectivity index (χ1) is 38.7. The predicted octanol–water partition coefficient (Wildman–Crippen LogP) is 7.14. The highest BCUT2D eigenvalue weighted by molar-refractivity contribution is 9.10. The van der Waals surface area contributed by atoms with E-state index >= 15 is 0 Å². The molecule has 0 bridgehead atoms. The molecular formula is C56H65Br2N11O9S3. The quantitative estimate of drug-likeness (QED) is 0.109. The van der Waals surface area contributed by atoms with Crippen LogP contribution in [-0.4, -0.2) is 173 Å². The van der Waals surface area contributed by atoms with Gasteiger partial charge in [0.1, 0.15) is 0 Å². The Morgan fingerprint density at radius 2 is 1.19 bits per heavy atom. The molecule has 6 fully saturated rings. The number of benzene rings is 4. The summed E-state index contributed by atoms with van der Waals surface area (Å²) >= 11 is 6.87. The fourth-order valence-electron chi connectivity index (χ4n) is 12.6. The number of urea groups is 1. The molecule has 20 nitrogen and oxygen atoms in total. The minimum Gasteiger partial charge on any atom is -0.367 e. The monoisotopic (exact) mass is 1290 g/mol. The van der Waals surface area contributed by atoms with Gasteiger partial charge in [0.2, 0.25) is 36.0 Å². The van der Waals surface area contributed by atoms with Crippen molar-refractivity contribution < 1.29 is 39.6 Å². The van der Waals surface area contributed by atoms with E-state index in [1.54, 1.807) is 4.31 Å². The van der Waals surface area contributed by atoms with E-state index in [4.69, 9.17) is 0 Å². The number of hydrogen-bond acceptors (Lipinski definition) is 11. The van der Waals surface area contributed by atoms with Gasteiger partial charge < -0.3 is 40.6 Å². The normalized spacial score (nSPS) is 23.0. The smallest absolute Gasteiger partial charge is 0.317 e. The number of fused-ring (bicyclic) bond motifs is 6. The van der Waals surface area contributed by atoms with Crippen molar-refractivity contribution >= 4 is 130 Å². The van der Waals surface area contributed by atoms with Crippen LogP contribution in [0, 0.1) is 5.92 Å². The summed E-state index contributed by atoms with van der Waals surface area (Å²) in [5, 5.41) is 11.2. The molecular weight excluding hydrogens is 1230 g/mol. The van der Waals surface area contributed by atoms with Gasteiger partial charge in [0.25, 0.3) is 5.91 Å². The van der Waals surface area contributed by atoms with E-state index in [1.165, 1.54) is 48.8 Å². The Labute approximate surface area is 489 Å². The number of nitrogens with zero attached hydrogens (tertiary/aromatic N) is 6. The molecule has 10 heterocycles. The molecule has 14 rings (SSSR count). The third-order valence-corrected chi connectivity index (χ3v) is 22.3. The molecule has 3 unspecified atom stereocenters. The van der Waals surface area contributed by atoms with Crippen molar-refractivity contribution in [2.24, 2.45) is 5.92 Å². The third-order valence-electron chi connectivity index (χ3n) is 16.7. The van der Waals surface area contributed by atoms with Crippen molar-refractivity contribution in [3.8, 4) is 0 Å². The first-order valence-electron chi connectivity index (χ1n) is 27.2. The summed E-state index contributed by atoms with van der Waals surface area (Å²) in [6.07, 6.45) is 9.95. The molecule has 6 aromatic rings. The average Bonchev–Trinajstić information content (AvgIpc) is 4.52. The van der Waals surface area contributed by atoms with Gasteiger partial charge in [-0.15, -0.1) is 0 Å². The number of amides is 4. The van der Waals surface area contributed by atoms with Crippen molar-refractivity contribution in [3.63, 3.8) is 0 Å². The number of anilines is 4. The lowest BCUT2D eigenvalue weighted by molar-refractivity contribution is -0.118. The summed E-state index contributed by atoms with van der Waals surface area (Å²) in [5.74, 6) is 0.268. The van der Waals surface area contributed by atoms with Crippen LogP contribution < -0.4 is 25.8 Å². The number of sulfonamides is 3. The maximum Gasteiger partial charge on any atom is 0.317 e. The van der Waals surface area contributed by atoms with Crippen LogP contribution in [0.1, 0.15) is 49.1 Å². The van der Waals surface area contributed by atoms with Crippen molar-refractivity contribution in [3.05, 3.63) is 123 Å². The molecule has 0 radical (unpaired) electrons. The zero-order valence-corrected chi connectivity index (χ0v) is 50.5. The number of nitrogens with one attached hydrogen (secondary N) is 5. The van der Waals surface area contributed by atoms with Crippen molar-refractivity contribution in [2.75, 3.05) is 111 Å². The number of carbonyl (C=O) groups excluding carboxylic acids is 3. The second-order valence-electron chi connectivity index (χ2n) is 21.7. The number of piperazine rings is 2. The molecule has 4 aromatic carbocycles. The first kappa shape index (κ1) is 57.0. The third kappa shape index (κ3) is 12.0. The molecule has 0 aliphatic carbocycles. The van der Waals surface area contributed by atoms with E-state index in [1.807, 2.05) is 65.7 Å². The van der Waals surface area contributed by atoms with E-state index in [2.05, 4.69) is 104 Å². The topological polar surface area (TPSA) is 241 Å². The van der Waals surface area contributed by atoms with Crippen LogP contribution in [0.4, 0.5) is 27.5 Å². The van der Waals surface area contributed by atoms with Gasteiger partial charge in [-0.3, -0.25) is 9.59 Å². The fraction of sp³-hybridized carbons (Fsp3) is 0.411. The number of halogens is 2. The molecule has 5 N–H and O–H groups in total. The number of aromatic amines is 2. The Morgan fingerprint density at radius 1 is 0.617 bits per heavy atom.